The summed E-state index contributed by atoms with van der Waals surface area (Å²) in [7, 11) is 0. The normalized spacial score (nSPS) is 23.6. The molecule has 1 rings (SSSR count). The molecule has 0 spiro atoms. The lowest BCUT2D eigenvalue weighted by molar-refractivity contribution is -0.122. The maximum Gasteiger partial charge on any atom is 0.227 e. The number of ether oxygens (including phenoxy) is 1. The zero-order chi connectivity index (χ0) is 12.7. The SMILES string of the molecule is NC(=O)CSCCC(=O)NCC1(O)CCOC1. The number of thioether (sulfide) groups is 1. The fraction of sp³-hybridized carbons (Fsp3) is 0.800. The van der Waals surface area contributed by atoms with Crippen LogP contribution in [0.5, 0.6) is 0 Å². The molecular weight excluding hydrogens is 244 g/mol. The van der Waals surface area contributed by atoms with Crippen molar-refractivity contribution >= 4 is 23.6 Å². The molecule has 1 atom stereocenters. The van der Waals surface area contributed by atoms with Crippen molar-refractivity contribution in [1.82, 2.24) is 5.32 Å². The van der Waals surface area contributed by atoms with Gasteiger partial charge in [0.15, 0.2) is 0 Å². The van der Waals surface area contributed by atoms with Crippen LogP contribution in [0.4, 0.5) is 0 Å². The third-order valence-electron chi connectivity index (χ3n) is 2.41. The minimum Gasteiger partial charge on any atom is -0.386 e. The van der Waals surface area contributed by atoms with Crippen molar-refractivity contribution in [3.05, 3.63) is 0 Å². The predicted octanol–water partition coefficient (Wildman–Crippen LogP) is -1.14. The van der Waals surface area contributed by atoms with Crippen LogP contribution in [0.25, 0.3) is 0 Å². The molecule has 0 aliphatic carbocycles. The Bertz CT molecular complexity index is 279. The van der Waals surface area contributed by atoms with Crippen LogP contribution in [0.2, 0.25) is 0 Å². The molecule has 2 amide bonds. The van der Waals surface area contributed by atoms with Gasteiger partial charge in [0, 0.05) is 31.7 Å². The lowest BCUT2D eigenvalue weighted by atomic mass is 10.0. The van der Waals surface area contributed by atoms with Crippen molar-refractivity contribution in [3.63, 3.8) is 0 Å². The van der Waals surface area contributed by atoms with Crippen LogP contribution in [0.3, 0.4) is 0 Å². The number of nitrogens with two attached hydrogens (primary N) is 1. The lowest BCUT2D eigenvalue weighted by Crippen LogP contribution is -2.43. The Labute approximate surface area is 104 Å². The van der Waals surface area contributed by atoms with Gasteiger partial charge in [0.05, 0.1) is 12.4 Å². The molecule has 17 heavy (non-hydrogen) atoms. The predicted molar refractivity (Wildman–Crippen MR) is 64.5 cm³/mol. The van der Waals surface area contributed by atoms with Gasteiger partial charge in [-0.25, -0.2) is 0 Å². The summed E-state index contributed by atoms with van der Waals surface area (Å²) >= 11 is 1.32. The summed E-state index contributed by atoms with van der Waals surface area (Å²) in [4.78, 5) is 21.8. The van der Waals surface area contributed by atoms with Gasteiger partial charge in [0.2, 0.25) is 11.8 Å². The quantitative estimate of drug-likeness (QED) is 0.504. The monoisotopic (exact) mass is 262 g/mol. The van der Waals surface area contributed by atoms with Crippen LogP contribution < -0.4 is 11.1 Å². The highest BCUT2D eigenvalue weighted by Gasteiger charge is 2.32. The lowest BCUT2D eigenvalue weighted by Gasteiger charge is -2.20. The third kappa shape index (κ3) is 5.90. The summed E-state index contributed by atoms with van der Waals surface area (Å²) < 4.78 is 5.06. The molecule has 7 heteroatoms. The zero-order valence-electron chi connectivity index (χ0n) is 9.61. The van der Waals surface area contributed by atoms with Gasteiger partial charge in [0.1, 0.15) is 5.60 Å². The highest BCUT2D eigenvalue weighted by molar-refractivity contribution is 7.99. The fourth-order valence-electron chi connectivity index (χ4n) is 1.43. The van der Waals surface area contributed by atoms with E-state index in [-0.39, 0.29) is 30.7 Å². The van der Waals surface area contributed by atoms with Gasteiger partial charge in [-0.15, -0.1) is 0 Å². The first kappa shape index (κ1) is 14.3. The van der Waals surface area contributed by atoms with E-state index in [1.807, 2.05) is 0 Å². The summed E-state index contributed by atoms with van der Waals surface area (Å²) in [6, 6.07) is 0. The number of hydrogen-bond donors (Lipinski definition) is 3. The van der Waals surface area contributed by atoms with E-state index in [9.17, 15) is 14.7 Å². The number of carbonyl (C=O) groups excluding carboxylic acids is 2. The molecule has 1 aliphatic heterocycles. The molecule has 0 aromatic heterocycles. The smallest absolute Gasteiger partial charge is 0.227 e. The standard InChI is InChI=1S/C10H18N2O4S/c11-8(13)5-17-4-1-9(14)12-6-10(15)2-3-16-7-10/h15H,1-7H2,(H2,11,13)(H,12,14). The summed E-state index contributed by atoms with van der Waals surface area (Å²) in [5, 5.41) is 12.5. The number of amides is 2. The van der Waals surface area contributed by atoms with Crippen molar-refractivity contribution in [2.45, 2.75) is 18.4 Å². The van der Waals surface area contributed by atoms with Crippen LogP contribution >= 0.6 is 11.8 Å². The Morgan fingerprint density at radius 2 is 2.29 bits per heavy atom. The van der Waals surface area contributed by atoms with E-state index in [1.165, 1.54) is 11.8 Å². The number of nitrogens with one attached hydrogen (secondary N) is 1. The van der Waals surface area contributed by atoms with Gasteiger partial charge in [0.25, 0.3) is 0 Å². The maximum absolute atomic E-state index is 11.4. The number of hydrogen-bond acceptors (Lipinski definition) is 5. The van der Waals surface area contributed by atoms with Crippen molar-refractivity contribution in [3.8, 4) is 0 Å². The molecule has 0 radical (unpaired) electrons. The number of primary amides is 1. The average molecular weight is 262 g/mol. The first-order chi connectivity index (χ1) is 8.02. The van der Waals surface area contributed by atoms with Crippen LogP contribution in [-0.4, -0.2) is 53.8 Å². The first-order valence-electron chi connectivity index (χ1n) is 5.45. The van der Waals surface area contributed by atoms with E-state index in [1.54, 1.807) is 0 Å². The summed E-state index contributed by atoms with van der Waals surface area (Å²) in [5.41, 5.74) is 4.04. The number of aliphatic hydroxyl groups is 1. The average Bonchev–Trinajstić information content (AvgIpc) is 2.69. The molecule has 98 valence electrons. The Morgan fingerprint density at radius 3 is 2.88 bits per heavy atom. The molecule has 0 aromatic carbocycles. The second-order valence-electron chi connectivity index (χ2n) is 4.07. The van der Waals surface area contributed by atoms with Crippen molar-refractivity contribution in [1.29, 1.82) is 0 Å². The highest BCUT2D eigenvalue weighted by Crippen LogP contribution is 2.16. The number of rotatable bonds is 7. The van der Waals surface area contributed by atoms with Gasteiger partial charge >= 0.3 is 0 Å². The molecule has 1 saturated heterocycles. The minimum absolute atomic E-state index is 0.137. The molecule has 0 bridgehead atoms. The third-order valence-corrected chi connectivity index (χ3v) is 3.40. The molecule has 1 unspecified atom stereocenters. The van der Waals surface area contributed by atoms with Crippen LogP contribution in [0.15, 0.2) is 0 Å². The molecule has 4 N–H and O–H groups in total. The Morgan fingerprint density at radius 1 is 1.53 bits per heavy atom. The largest absolute Gasteiger partial charge is 0.386 e. The van der Waals surface area contributed by atoms with E-state index in [0.29, 0.717) is 25.2 Å². The first-order valence-corrected chi connectivity index (χ1v) is 6.60. The van der Waals surface area contributed by atoms with Crippen molar-refractivity contribution in [2.75, 3.05) is 31.3 Å². The fourth-order valence-corrected chi connectivity index (χ4v) is 2.10. The minimum atomic E-state index is -0.921. The Hall–Kier alpha value is -0.790. The molecule has 1 aliphatic rings. The van der Waals surface area contributed by atoms with E-state index >= 15 is 0 Å². The van der Waals surface area contributed by atoms with Crippen LogP contribution in [-0.2, 0) is 14.3 Å². The molecule has 0 saturated carbocycles. The molecule has 0 aromatic rings. The van der Waals surface area contributed by atoms with Crippen molar-refractivity contribution < 1.29 is 19.4 Å². The summed E-state index contributed by atoms with van der Waals surface area (Å²) in [6.45, 7) is 1.01. The topological polar surface area (TPSA) is 102 Å². The Balaban J connectivity index is 2.06. The van der Waals surface area contributed by atoms with E-state index in [0.717, 1.165) is 0 Å². The zero-order valence-corrected chi connectivity index (χ0v) is 10.4. The summed E-state index contributed by atoms with van der Waals surface area (Å²) in [6.07, 6.45) is 0.860. The second kappa shape index (κ2) is 6.83. The van der Waals surface area contributed by atoms with E-state index in [2.05, 4.69) is 5.32 Å². The summed E-state index contributed by atoms with van der Waals surface area (Å²) in [5.74, 6) is 0.254. The van der Waals surface area contributed by atoms with Crippen LogP contribution in [0, 0.1) is 0 Å². The van der Waals surface area contributed by atoms with E-state index in [4.69, 9.17) is 10.5 Å². The maximum atomic E-state index is 11.4. The van der Waals surface area contributed by atoms with E-state index < -0.39 is 5.60 Å². The van der Waals surface area contributed by atoms with Crippen molar-refractivity contribution in [2.24, 2.45) is 5.73 Å². The van der Waals surface area contributed by atoms with Gasteiger partial charge in [-0.1, -0.05) is 0 Å². The van der Waals surface area contributed by atoms with Gasteiger partial charge < -0.3 is 20.9 Å². The van der Waals surface area contributed by atoms with Gasteiger partial charge in [-0.05, 0) is 0 Å². The molecule has 6 nitrogen and oxygen atoms in total. The van der Waals surface area contributed by atoms with Gasteiger partial charge in [-0.3, -0.25) is 9.59 Å². The Kier molecular flexibility index (Phi) is 5.73. The second-order valence-corrected chi connectivity index (χ2v) is 5.18. The van der Waals surface area contributed by atoms with Gasteiger partial charge in [-0.2, -0.15) is 11.8 Å². The molecular formula is C10H18N2O4S. The molecule has 1 heterocycles. The molecule has 1 fully saturated rings. The van der Waals surface area contributed by atoms with Crippen LogP contribution in [0.1, 0.15) is 12.8 Å². The highest BCUT2D eigenvalue weighted by atomic mass is 32.2. The number of carbonyl (C=O) groups is 2.